The number of hydrogen-bond acceptors (Lipinski definition) is 3. The Bertz CT molecular complexity index is 475. The van der Waals surface area contributed by atoms with Gasteiger partial charge in [-0.05, 0) is 42.9 Å². The molecule has 0 spiro atoms. The first kappa shape index (κ1) is 15.1. The number of hydrogen-bond donors (Lipinski definition) is 2. The van der Waals surface area contributed by atoms with E-state index in [1.165, 1.54) is 12.1 Å². The van der Waals surface area contributed by atoms with Crippen molar-refractivity contribution in [3.05, 3.63) is 29.6 Å². The van der Waals surface area contributed by atoms with Crippen LogP contribution >= 0.6 is 11.8 Å². The molecule has 1 aromatic carbocycles. The molecule has 0 aliphatic carbocycles. The van der Waals surface area contributed by atoms with Gasteiger partial charge in [0.1, 0.15) is 5.82 Å². The molecule has 1 heterocycles. The van der Waals surface area contributed by atoms with Gasteiger partial charge in [0.25, 0.3) is 0 Å². The normalized spacial score (nSPS) is 19.3. The monoisotopic (exact) mass is 297 g/mol. The second-order valence-electron chi connectivity index (χ2n) is 4.67. The molecule has 6 heteroatoms. The fraction of sp³-hybridized carbons (Fsp3) is 0.500. The summed E-state index contributed by atoms with van der Waals surface area (Å²) in [6.45, 7) is 1.87. The number of nitrogens with zero attached hydrogens (tertiary/aromatic N) is 1. The lowest BCUT2D eigenvalue weighted by Gasteiger charge is -2.11. The van der Waals surface area contributed by atoms with Crippen molar-refractivity contribution in [3.63, 3.8) is 0 Å². The molecule has 0 bridgehead atoms. The van der Waals surface area contributed by atoms with Gasteiger partial charge in [-0.1, -0.05) is 0 Å². The Labute approximate surface area is 123 Å². The maximum absolute atomic E-state index is 13.2. The molecule has 1 unspecified atom stereocenters. The molecule has 1 atom stereocenters. The average molecular weight is 297 g/mol. The molecule has 1 aliphatic rings. The Morgan fingerprint density at radius 3 is 3.15 bits per heavy atom. The zero-order valence-corrected chi connectivity index (χ0v) is 12.4. The predicted octanol–water partition coefficient (Wildman–Crippen LogP) is 2.13. The average Bonchev–Trinajstić information content (AvgIpc) is 2.96. The van der Waals surface area contributed by atoms with Crippen LogP contribution in [0.4, 0.5) is 4.39 Å². The fourth-order valence-corrected chi connectivity index (χ4v) is 2.71. The quantitative estimate of drug-likeness (QED) is 0.496. The first-order valence-corrected chi connectivity index (χ1v) is 7.89. The molecule has 2 rings (SSSR count). The van der Waals surface area contributed by atoms with E-state index in [4.69, 9.17) is 10.5 Å². The van der Waals surface area contributed by atoms with Gasteiger partial charge < -0.3 is 15.8 Å². The third-order valence-corrected chi connectivity index (χ3v) is 4.04. The Morgan fingerprint density at radius 1 is 1.60 bits per heavy atom. The van der Waals surface area contributed by atoms with Crippen molar-refractivity contribution in [2.75, 3.05) is 19.4 Å². The van der Waals surface area contributed by atoms with E-state index in [-0.39, 0.29) is 11.9 Å². The summed E-state index contributed by atoms with van der Waals surface area (Å²) in [5.41, 5.74) is 6.66. The number of halogens is 1. The van der Waals surface area contributed by atoms with Crippen LogP contribution in [0.5, 0.6) is 0 Å². The van der Waals surface area contributed by atoms with E-state index < -0.39 is 0 Å². The van der Waals surface area contributed by atoms with Gasteiger partial charge in [0.15, 0.2) is 5.96 Å². The summed E-state index contributed by atoms with van der Waals surface area (Å²) >= 11 is 1.57. The third-order valence-electron chi connectivity index (χ3n) is 3.20. The summed E-state index contributed by atoms with van der Waals surface area (Å²) in [6, 6.07) is 4.72. The molecule has 110 valence electrons. The summed E-state index contributed by atoms with van der Waals surface area (Å²) in [5.74, 6) is 0.121. The number of thioether (sulfide) groups is 1. The molecular weight excluding hydrogens is 277 g/mol. The number of nitrogens with one attached hydrogen (secondary N) is 1. The molecule has 1 fully saturated rings. The van der Waals surface area contributed by atoms with E-state index in [1.807, 2.05) is 6.26 Å². The second-order valence-corrected chi connectivity index (χ2v) is 5.52. The number of benzene rings is 1. The van der Waals surface area contributed by atoms with Crippen LogP contribution in [-0.4, -0.2) is 31.5 Å². The predicted molar refractivity (Wildman–Crippen MR) is 80.5 cm³/mol. The highest BCUT2D eigenvalue weighted by atomic mass is 32.2. The molecule has 20 heavy (non-hydrogen) atoms. The van der Waals surface area contributed by atoms with E-state index in [2.05, 4.69) is 10.3 Å². The van der Waals surface area contributed by atoms with E-state index in [9.17, 15) is 4.39 Å². The van der Waals surface area contributed by atoms with Crippen LogP contribution in [0.1, 0.15) is 18.4 Å². The smallest absolute Gasteiger partial charge is 0.189 e. The van der Waals surface area contributed by atoms with Crippen LogP contribution in [0.25, 0.3) is 0 Å². The molecule has 1 aliphatic heterocycles. The van der Waals surface area contributed by atoms with Gasteiger partial charge >= 0.3 is 0 Å². The fourth-order valence-electron chi connectivity index (χ4n) is 2.12. The van der Waals surface area contributed by atoms with Crippen LogP contribution < -0.4 is 11.1 Å². The Kier molecular flexibility index (Phi) is 5.67. The highest BCUT2D eigenvalue weighted by Gasteiger charge is 2.14. The highest BCUT2D eigenvalue weighted by molar-refractivity contribution is 7.98. The summed E-state index contributed by atoms with van der Waals surface area (Å²) in [5, 5.41) is 3.05. The molecular formula is C14H20FN3OS. The topological polar surface area (TPSA) is 59.6 Å². The van der Waals surface area contributed by atoms with Crippen LogP contribution in [0, 0.1) is 5.82 Å². The number of rotatable bonds is 5. The maximum Gasteiger partial charge on any atom is 0.189 e. The van der Waals surface area contributed by atoms with E-state index in [1.54, 1.807) is 17.8 Å². The minimum Gasteiger partial charge on any atom is -0.376 e. The Hall–Kier alpha value is -1.27. The zero-order valence-electron chi connectivity index (χ0n) is 11.6. The molecule has 1 saturated heterocycles. The number of aliphatic imine (C=N–C) groups is 1. The summed E-state index contributed by atoms with van der Waals surface area (Å²) in [4.78, 5) is 5.27. The summed E-state index contributed by atoms with van der Waals surface area (Å²) < 4.78 is 18.7. The van der Waals surface area contributed by atoms with Crippen molar-refractivity contribution < 1.29 is 9.13 Å². The third kappa shape index (κ3) is 4.38. The highest BCUT2D eigenvalue weighted by Crippen LogP contribution is 2.21. The lowest BCUT2D eigenvalue weighted by atomic mass is 10.2. The maximum atomic E-state index is 13.2. The lowest BCUT2D eigenvalue weighted by molar-refractivity contribution is 0.114. The van der Waals surface area contributed by atoms with Crippen LogP contribution in [0.15, 0.2) is 28.1 Å². The first-order chi connectivity index (χ1) is 9.69. The zero-order chi connectivity index (χ0) is 14.4. The van der Waals surface area contributed by atoms with Gasteiger partial charge in [0.2, 0.25) is 0 Å². The summed E-state index contributed by atoms with van der Waals surface area (Å²) in [7, 11) is 0. The minimum absolute atomic E-state index is 0.222. The van der Waals surface area contributed by atoms with E-state index in [0.29, 0.717) is 19.0 Å². The van der Waals surface area contributed by atoms with Gasteiger partial charge in [-0.25, -0.2) is 9.38 Å². The van der Waals surface area contributed by atoms with Crippen molar-refractivity contribution in [1.29, 1.82) is 0 Å². The van der Waals surface area contributed by atoms with Crippen LogP contribution in [0.3, 0.4) is 0 Å². The minimum atomic E-state index is -0.251. The van der Waals surface area contributed by atoms with Crippen molar-refractivity contribution >= 4 is 17.7 Å². The summed E-state index contributed by atoms with van der Waals surface area (Å²) in [6.07, 6.45) is 4.34. The standard InChI is InChI=1S/C14H20FN3OS/c1-20-13-5-4-11(15)7-10(13)8-17-14(16)18-9-12-3-2-6-19-12/h4-5,7,12H,2-3,6,8-9H2,1H3,(H3,16,17,18). The lowest BCUT2D eigenvalue weighted by Crippen LogP contribution is -2.37. The second kappa shape index (κ2) is 7.50. The Balaban J connectivity index is 1.88. The number of nitrogens with two attached hydrogens (primary N) is 1. The molecule has 3 N–H and O–H groups in total. The largest absolute Gasteiger partial charge is 0.376 e. The van der Waals surface area contributed by atoms with Crippen molar-refractivity contribution in [2.24, 2.45) is 10.7 Å². The van der Waals surface area contributed by atoms with Crippen LogP contribution in [-0.2, 0) is 11.3 Å². The van der Waals surface area contributed by atoms with Crippen molar-refractivity contribution in [1.82, 2.24) is 5.32 Å². The molecule has 1 aromatic rings. The van der Waals surface area contributed by atoms with Crippen LogP contribution in [0.2, 0.25) is 0 Å². The molecule has 4 nitrogen and oxygen atoms in total. The molecule has 0 saturated carbocycles. The van der Waals surface area contributed by atoms with Gasteiger partial charge in [-0.3, -0.25) is 0 Å². The van der Waals surface area contributed by atoms with E-state index in [0.717, 1.165) is 29.9 Å². The van der Waals surface area contributed by atoms with Gasteiger partial charge in [-0.2, -0.15) is 0 Å². The first-order valence-electron chi connectivity index (χ1n) is 6.67. The van der Waals surface area contributed by atoms with Gasteiger partial charge in [0, 0.05) is 18.0 Å². The Morgan fingerprint density at radius 2 is 2.45 bits per heavy atom. The number of ether oxygens (including phenoxy) is 1. The molecule has 0 amide bonds. The van der Waals surface area contributed by atoms with E-state index >= 15 is 0 Å². The number of guanidine groups is 1. The SMILES string of the molecule is CSc1ccc(F)cc1CN=C(N)NCC1CCCO1. The molecule has 0 aromatic heterocycles. The molecule has 0 radical (unpaired) electrons. The van der Waals surface area contributed by atoms with Crippen molar-refractivity contribution in [2.45, 2.75) is 30.4 Å². The van der Waals surface area contributed by atoms with Crippen molar-refractivity contribution in [3.8, 4) is 0 Å². The van der Waals surface area contributed by atoms with Gasteiger partial charge in [-0.15, -0.1) is 11.8 Å². The van der Waals surface area contributed by atoms with Gasteiger partial charge in [0.05, 0.1) is 12.6 Å².